The molecule has 9 heteroatoms. The number of carbonyl (C=O) groups is 1. The van der Waals surface area contributed by atoms with Crippen LogP contribution in [0.2, 0.25) is 0 Å². The minimum atomic E-state index is -3.79. The van der Waals surface area contributed by atoms with Crippen molar-refractivity contribution < 1.29 is 17.9 Å². The number of amides is 1. The number of hydrogen-bond donors (Lipinski definition) is 1. The number of nitrogens with zero attached hydrogens (tertiary/aromatic N) is 3. The maximum absolute atomic E-state index is 13.5. The smallest absolute Gasteiger partial charge is 0.268 e. The van der Waals surface area contributed by atoms with Crippen molar-refractivity contribution in [2.45, 2.75) is 31.7 Å². The summed E-state index contributed by atoms with van der Waals surface area (Å²) in [6, 6.07) is 14.5. The number of rotatable bonds is 6. The first-order chi connectivity index (χ1) is 14.8. The molecule has 2 heterocycles. The van der Waals surface area contributed by atoms with Crippen LogP contribution in [0.1, 0.15) is 17.0 Å². The van der Waals surface area contributed by atoms with Gasteiger partial charge in [-0.3, -0.25) is 13.8 Å². The minimum Gasteiger partial charge on any atom is -0.497 e. The molecule has 1 aliphatic heterocycles. The highest BCUT2D eigenvalue weighted by molar-refractivity contribution is 7.93. The Kier molecular flexibility index (Phi) is 5.45. The second-order valence-electron chi connectivity index (χ2n) is 7.39. The van der Waals surface area contributed by atoms with Gasteiger partial charge < -0.3 is 10.1 Å². The highest BCUT2D eigenvalue weighted by Crippen LogP contribution is 2.34. The largest absolute Gasteiger partial charge is 0.497 e. The van der Waals surface area contributed by atoms with Crippen molar-refractivity contribution >= 4 is 27.3 Å². The number of methoxy groups -OCH3 is 1. The molecule has 0 atom stereocenters. The number of hydrogen-bond acceptors (Lipinski definition) is 5. The topological polar surface area (TPSA) is 93.5 Å². The molecule has 0 spiro atoms. The molecular formula is C22H24N4O4S. The molecule has 0 saturated carbocycles. The quantitative estimate of drug-likeness (QED) is 0.636. The maximum atomic E-state index is 13.5. The molecule has 3 aromatic rings. The minimum absolute atomic E-state index is 0.101. The number of nitrogens with one attached hydrogen (secondary N) is 1. The van der Waals surface area contributed by atoms with Crippen LogP contribution in [0.25, 0.3) is 0 Å². The summed E-state index contributed by atoms with van der Waals surface area (Å²) in [4.78, 5) is 12.7. The molecule has 1 aromatic heterocycles. The summed E-state index contributed by atoms with van der Waals surface area (Å²) in [6.45, 7) is 3.62. The molecule has 31 heavy (non-hydrogen) atoms. The van der Waals surface area contributed by atoms with Crippen molar-refractivity contribution in [1.82, 2.24) is 9.78 Å². The Bertz CT molecular complexity index is 1250. The van der Waals surface area contributed by atoms with Crippen LogP contribution in [-0.2, 0) is 27.8 Å². The first-order valence-electron chi connectivity index (χ1n) is 9.90. The van der Waals surface area contributed by atoms with E-state index in [0.29, 0.717) is 41.5 Å². The van der Waals surface area contributed by atoms with E-state index in [-0.39, 0.29) is 17.3 Å². The number of benzene rings is 2. The van der Waals surface area contributed by atoms with Gasteiger partial charge in [-0.05, 0) is 44.0 Å². The zero-order valence-corrected chi connectivity index (χ0v) is 18.4. The lowest BCUT2D eigenvalue weighted by molar-refractivity contribution is -0.116. The second kappa shape index (κ2) is 8.07. The van der Waals surface area contributed by atoms with Crippen molar-refractivity contribution in [2.24, 2.45) is 0 Å². The van der Waals surface area contributed by atoms with Crippen LogP contribution in [0.3, 0.4) is 0 Å². The Morgan fingerprint density at radius 3 is 2.71 bits per heavy atom. The van der Waals surface area contributed by atoms with Crippen LogP contribution in [0.5, 0.6) is 5.75 Å². The Morgan fingerprint density at radius 1 is 1.16 bits per heavy atom. The van der Waals surface area contributed by atoms with Crippen LogP contribution >= 0.6 is 0 Å². The summed E-state index contributed by atoms with van der Waals surface area (Å²) < 4.78 is 34.9. The monoisotopic (exact) mass is 440 g/mol. The molecule has 162 valence electrons. The van der Waals surface area contributed by atoms with Gasteiger partial charge in [0.15, 0.2) is 0 Å². The van der Waals surface area contributed by atoms with Gasteiger partial charge in [0.25, 0.3) is 10.0 Å². The van der Waals surface area contributed by atoms with E-state index in [9.17, 15) is 13.2 Å². The number of carbonyl (C=O) groups excluding carboxylic acids is 1. The first kappa shape index (κ1) is 20.9. The third-order valence-corrected chi connectivity index (χ3v) is 7.42. The number of fused-ring (bicyclic) bond motifs is 1. The Balaban J connectivity index is 1.58. The highest BCUT2D eigenvalue weighted by Gasteiger charge is 2.35. The molecule has 0 fully saturated rings. The number of ether oxygens (including phenoxy) is 1. The number of sulfonamides is 1. The summed E-state index contributed by atoms with van der Waals surface area (Å²) in [5.74, 6) is 0.317. The summed E-state index contributed by atoms with van der Waals surface area (Å²) >= 11 is 0. The molecule has 0 aliphatic carbocycles. The van der Waals surface area contributed by atoms with E-state index in [4.69, 9.17) is 4.74 Å². The number of para-hydroxylation sites is 1. The van der Waals surface area contributed by atoms with Gasteiger partial charge >= 0.3 is 0 Å². The third-order valence-electron chi connectivity index (χ3n) is 5.35. The standard InChI is InChI=1S/C22H24N4O4S/c1-15-22(31(28,29)26-12-11-17-7-4-5-10-20(17)26)16(2)25(24-15)14-21(27)23-18-8-6-9-19(13-18)30-3/h4-10,13H,11-12,14H2,1-3H3,(H,23,27). The molecule has 4 rings (SSSR count). The normalized spacial score (nSPS) is 13.2. The van der Waals surface area contributed by atoms with Gasteiger partial charge in [0.2, 0.25) is 5.91 Å². The van der Waals surface area contributed by atoms with E-state index in [1.807, 2.05) is 24.3 Å². The van der Waals surface area contributed by atoms with E-state index in [1.54, 1.807) is 45.2 Å². The van der Waals surface area contributed by atoms with E-state index in [2.05, 4.69) is 10.4 Å². The second-order valence-corrected chi connectivity index (χ2v) is 9.19. The molecular weight excluding hydrogens is 416 g/mol. The Labute approximate surface area is 181 Å². The molecule has 0 radical (unpaired) electrons. The van der Waals surface area contributed by atoms with E-state index >= 15 is 0 Å². The molecule has 1 amide bonds. The predicted octanol–water partition coefficient (Wildman–Crippen LogP) is 2.90. The first-order valence-corrected chi connectivity index (χ1v) is 11.3. The summed E-state index contributed by atoms with van der Waals surface area (Å²) in [7, 11) is -2.24. The molecule has 2 aromatic carbocycles. The van der Waals surface area contributed by atoms with Gasteiger partial charge in [0.1, 0.15) is 17.2 Å². The highest BCUT2D eigenvalue weighted by atomic mass is 32.2. The molecule has 1 aliphatic rings. The van der Waals surface area contributed by atoms with Gasteiger partial charge in [-0.1, -0.05) is 24.3 Å². The lowest BCUT2D eigenvalue weighted by atomic mass is 10.2. The molecule has 8 nitrogen and oxygen atoms in total. The fourth-order valence-corrected chi connectivity index (χ4v) is 5.79. The van der Waals surface area contributed by atoms with Gasteiger partial charge in [-0.25, -0.2) is 8.42 Å². The molecule has 0 bridgehead atoms. The van der Waals surface area contributed by atoms with Gasteiger partial charge in [-0.2, -0.15) is 5.10 Å². The number of anilines is 2. The molecule has 0 unspecified atom stereocenters. The lowest BCUT2D eigenvalue weighted by Gasteiger charge is -2.19. The van der Waals surface area contributed by atoms with E-state index < -0.39 is 10.0 Å². The van der Waals surface area contributed by atoms with Crippen LogP contribution in [0.4, 0.5) is 11.4 Å². The fraction of sp³-hybridized carbons (Fsp3) is 0.273. The number of aryl methyl sites for hydroxylation is 1. The zero-order chi connectivity index (χ0) is 22.2. The van der Waals surface area contributed by atoms with Crippen LogP contribution in [0.15, 0.2) is 53.4 Å². The zero-order valence-electron chi connectivity index (χ0n) is 17.6. The summed E-state index contributed by atoms with van der Waals surface area (Å²) in [6.07, 6.45) is 0.671. The van der Waals surface area contributed by atoms with Crippen molar-refractivity contribution in [2.75, 3.05) is 23.3 Å². The fourth-order valence-electron chi connectivity index (χ4n) is 3.91. The van der Waals surface area contributed by atoms with Crippen LogP contribution in [-0.4, -0.2) is 37.8 Å². The Morgan fingerprint density at radius 2 is 1.94 bits per heavy atom. The Hall–Kier alpha value is -3.33. The van der Waals surface area contributed by atoms with Crippen LogP contribution < -0.4 is 14.4 Å². The molecule has 1 N–H and O–H groups in total. The van der Waals surface area contributed by atoms with Crippen molar-refractivity contribution in [3.63, 3.8) is 0 Å². The average Bonchev–Trinajstić information content (AvgIpc) is 3.29. The third kappa shape index (κ3) is 3.88. The van der Waals surface area contributed by atoms with E-state index in [1.165, 1.54) is 8.99 Å². The van der Waals surface area contributed by atoms with Crippen LogP contribution in [0, 0.1) is 13.8 Å². The molecule has 0 saturated heterocycles. The summed E-state index contributed by atoms with van der Waals surface area (Å²) in [5, 5.41) is 7.13. The van der Waals surface area contributed by atoms with Crippen molar-refractivity contribution in [1.29, 1.82) is 0 Å². The van der Waals surface area contributed by atoms with Gasteiger partial charge in [0.05, 0.1) is 24.2 Å². The SMILES string of the molecule is COc1cccc(NC(=O)Cn2nc(C)c(S(=O)(=O)N3CCc4ccccc43)c2C)c1. The summed E-state index contributed by atoms with van der Waals surface area (Å²) in [5.41, 5.74) is 3.10. The van der Waals surface area contributed by atoms with Crippen molar-refractivity contribution in [3.05, 3.63) is 65.5 Å². The van der Waals surface area contributed by atoms with Gasteiger partial charge in [-0.15, -0.1) is 0 Å². The lowest BCUT2D eigenvalue weighted by Crippen LogP contribution is -2.30. The predicted molar refractivity (Wildman–Crippen MR) is 118 cm³/mol. The van der Waals surface area contributed by atoms with Gasteiger partial charge in [0, 0.05) is 18.3 Å². The van der Waals surface area contributed by atoms with Crippen molar-refractivity contribution in [3.8, 4) is 5.75 Å². The number of aromatic nitrogens is 2. The average molecular weight is 441 g/mol. The van der Waals surface area contributed by atoms with E-state index in [0.717, 1.165) is 5.56 Å². The maximum Gasteiger partial charge on any atom is 0.268 e.